The molecule has 0 aliphatic carbocycles. The fraction of sp³-hybridized carbons (Fsp3) is 0.429. The molecule has 1 aliphatic heterocycles. The van der Waals surface area contributed by atoms with Gasteiger partial charge in [0.15, 0.2) is 0 Å². The summed E-state index contributed by atoms with van der Waals surface area (Å²) in [6, 6.07) is 12.5. The van der Waals surface area contributed by atoms with Crippen LogP contribution in [0.5, 0.6) is 0 Å². The van der Waals surface area contributed by atoms with E-state index in [4.69, 9.17) is 0 Å². The molecular weight excluding hydrogens is 324 g/mol. The number of hydrogen-bond acceptors (Lipinski definition) is 4. The van der Waals surface area contributed by atoms with E-state index in [0.29, 0.717) is 5.56 Å². The van der Waals surface area contributed by atoms with Crippen molar-refractivity contribution in [2.45, 2.75) is 33.2 Å². The first kappa shape index (κ1) is 18.2. The average molecular weight is 352 g/mol. The zero-order valence-corrected chi connectivity index (χ0v) is 15.9. The Morgan fingerprint density at radius 2 is 1.88 bits per heavy atom. The summed E-state index contributed by atoms with van der Waals surface area (Å²) in [5.74, 6) is 0.854. The van der Waals surface area contributed by atoms with Gasteiger partial charge in [0, 0.05) is 49.7 Å². The van der Waals surface area contributed by atoms with Gasteiger partial charge >= 0.3 is 0 Å². The lowest BCUT2D eigenvalue weighted by molar-refractivity contribution is 0.0939. The number of rotatable bonds is 5. The number of pyridine rings is 1. The van der Waals surface area contributed by atoms with E-state index in [9.17, 15) is 4.79 Å². The lowest BCUT2D eigenvalue weighted by atomic mass is 10.1. The Kier molecular flexibility index (Phi) is 5.76. The zero-order chi connectivity index (χ0) is 18.5. The van der Waals surface area contributed by atoms with Gasteiger partial charge in [-0.3, -0.25) is 4.79 Å². The van der Waals surface area contributed by atoms with Crippen molar-refractivity contribution in [3.8, 4) is 0 Å². The van der Waals surface area contributed by atoms with Crippen LogP contribution in [-0.4, -0.2) is 43.1 Å². The van der Waals surface area contributed by atoms with Crippen LogP contribution in [0.25, 0.3) is 0 Å². The highest BCUT2D eigenvalue weighted by molar-refractivity contribution is 5.95. The molecule has 2 heterocycles. The number of nitrogens with one attached hydrogen (secondary N) is 1. The molecule has 3 rings (SSSR count). The molecule has 0 saturated carbocycles. The standard InChI is InChI=1S/C21H28N4O/c1-4-17(3)23-21(26)18-8-9-22-20(15-18)25-12-10-24(11-13-25)19-7-5-6-16(2)14-19/h5-9,14-15,17H,4,10-13H2,1-3H3,(H,23,26). The predicted molar refractivity (Wildman–Crippen MR) is 107 cm³/mol. The summed E-state index contributed by atoms with van der Waals surface area (Å²) >= 11 is 0. The molecule has 1 aromatic heterocycles. The number of amides is 1. The molecule has 1 amide bonds. The van der Waals surface area contributed by atoms with E-state index in [2.05, 4.69) is 58.2 Å². The highest BCUT2D eigenvalue weighted by Gasteiger charge is 2.19. The van der Waals surface area contributed by atoms with Crippen molar-refractivity contribution in [1.82, 2.24) is 10.3 Å². The molecule has 1 aliphatic rings. The molecule has 0 spiro atoms. The average Bonchev–Trinajstić information content (AvgIpc) is 2.68. The topological polar surface area (TPSA) is 48.5 Å². The van der Waals surface area contributed by atoms with Gasteiger partial charge in [-0.2, -0.15) is 0 Å². The molecule has 0 radical (unpaired) electrons. The van der Waals surface area contributed by atoms with Crippen LogP contribution in [0.1, 0.15) is 36.2 Å². The van der Waals surface area contributed by atoms with E-state index in [0.717, 1.165) is 38.4 Å². The van der Waals surface area contributed by atoms with E-state index in [-0.39, 0.29) is 11.9 Å². The zero-order valence-electron chi connectivity index (χ0n) is 15.9. The summed E-state index contributed by atoms with van der Waals surface area (Å²) in [4.78, 5) is 21.5. The lowest BCUT2D eigenvalue weighted by Gasteiger charge is -2.37. The maximum Gasteiger partial charge on any atom is 0.251 e. The SMILES string of the molecule is CCC(C)NC(=O)c1ccnc(N2CCN(c3cccc(C)c3)CC2)c1. The normalized spacial score (nSPS) is 15.7. The fourth-order valence-corrected chi connectivity index (χ4v) is 3.16. The first-order chi connectivity index (χ1) is 12.6. The third-order valence-electron chi connectivity index (χ3n) is 4.97. The highest BCUT2D eigenvalue weighted by Crippen LogP contribution is 2.20. The van der Waals surface area contributed by atoms with E-state index in [1.165, 1.54) is 11.3 Å². The molecule has 5 nitrogen and oxygen atoms in total. The van der Waals surface area contributed by atoms with E-state index in [1.54, 1.807) is 12.3 Å². The van der Waals surface area contributed by atoms with Crippen LogP contribution >= 0.6 is 0 Å². The maximum absolute atomic E-state index is 12.4. The summed E-state index contributed by atoms with van der Waals surface area (Å²) in [5, 5.41) is 3.02. The largest absolute Gasteiger partial charge is 0.368 e. The summed E-state index contributed by atoms with van der Waals surface area (Å²) in [6.45, 7) is 9.92. The monoisotopic (exact) mass is 352 g/mol. The second-order valence-electron chi connectivity index (χ2n) is 7.00. The number of nitrogens with zero attached hydrogens (tertiary/aromatic N) is 3. The molecule has 1 atom stereocenters. The van der Waals surface area contributed by atoms with Crippen LogP contribution in [0.2, 0.25) is 0 Å². The fourth-order valence-electron chi connectivity index (χ4n) is 3.16. The van der Waals surface area contributed by atoms with Gasteiger partial charge in [0.25, 0.3) is 5.91 Å². The predicted octanol–water partition coefficient (Wildman–Crippen LogP) is 3.24. The van der Waals surface area contributed by atoms with E-state index in [1.807, 2.05) is 13.0 Å². The second-order valence-corrected chi connectivity index (χ2v) is 7.00. The summed E-state index contributed by atoms with van der Waals surface area (Å²) in [6.07, 6.45) is 2.65. The van der Waals surface area contributed by atoms with Crippen molar-refractivity contribution in [3.05, 3.63) is 53.7 Å². The number of anilines is 2. The highest BCUT2D eigenvalue weighted by atomic mass is 16.1. The minimum atomic E-state index is -0.0265. The molecule has 1 N–H and O–H groups in total. The molecule has 26 heavy (non-hydrogen) atoms. The Hall–Kier alpha value is -2.56. The van der Waals surface area contributed by atoms with Crippen molar-refractivity contribution in [2.24, 2.45) is 0 Å². The molecule has 1 fully saturated rings. The van der Waals surface area contributed by atoms with Gasteiger partial charge in [0.05, 0.1) is 0 Å². The number of hydrogen-bond donors (Lipinski definition) is 1. The van der Waals surface area contributed by atoms with Gasteiger partial charge in [-0.15, -0.1) is 0 Å². The summed E-state index contributed by atoms with van der Waals surface area (Å²) < 4.78 is 0. The third-order valence-corrected chi connectivity index (χ3v) is 4.97. The Labute approximate surface area is 156 Å². The van der Waals surface area contributed by atoms with Crippen molar-refractivity contribution >= 4 is 17.4 Å². The first-order valence-corrected chi connectivity index (χ1v) is 9.40. The quantitative estimate of drug-likeness (QED) is 0.897. The van der Waals surface area contributed by atoms with Crippen LogP contribution in [0.4, 0.5) is 11.5 Å². The van der Waals surface area contributed by atoms with E-state index < -0.39 is 0 Å². The Morgan fingerprint density at radius 1 is 1.15 bits per heavy atom. The Bertz CT molecular complexity index is 753. The number of aromatic nitrogens is 1. The van der Waals surface area contributed by atoms with Gasteiger partial charge in [-0.05, 0) is 50.1 Å². The number of aryl methyl sites for hydroxylation is 1. The Morgan fingerprint density at radius 3 is 2.58 bits per heavy atom. The molecule has 1 saturated heterocycles. The molecule has 2 aromatic rings. The van der Waals surface area contributed by atoms with Crippen LogP contribution in [0, 0.1) is 6.92 Å². The van der Waals surface area contributed by atoms with Crippen LogP contribution < -0.4 is 15.1 Å². The number of benzene rings is 1. The lowest BCUT2D eigenvalue weighted by Crippen LogP contribution is -2.47. The van der Waals surface area contributed by atoms with Gasteiger partial charge < -0.3 is 15.1 Å². The second kappa shape index (κ2) is 8.21. The summed E-state index contributed by atoms with van der Waals surface area (Å²) in [5.41, 5.74) is 3.24. The minimum Gasteiger partial charge on any atom is -0.368 e. The molecule has 1 unspecified atom stereocenters. The Balaban J connectivity index is 1.64. The van der Waals surface area contributed by atoms with Crippen LogP contribution in [0.15, 0.2) is 42.6 Å². The van der Waals surface area contributed by atoms with E-state index >= 15 is 0 Å². The molecule has 0 bridgehead atoms. The third kappa shape index (κ3) is 4.34. The van der Waals surface area contributed by atoms with Crippen molar-refractivity contribution in [3.63, 3.8) is 0 Å². The number of piperazine rings is 1. The molecular formula is C21H28N4O. The van der Waals surface area contributed by atoms with Crippen LogP contribution in [0.3, 0.4) is 0 Å². The van der Waals surface area contributed by atoms with Crippen molar-refractivity contribution < 1.29 is 4.79 Å². The van der Waals surface area contributed by atoms with Crippen LogP contribution in [-0.2, 0) is 0 Å². The molecule has 1 aromatic carbocycles. The maximum atomic E-state index is 12.4. The van der Waals surface area contributed by atoms with Gasteiger partial charge in [-0.25, -0.2) is 4.98 Å². The minimum absolute atomic E-state index is 0.0265. The van der Waals surface area contributed by atoms with Crippen molar-refractivity contribution in [2.75, 3.05) is 36.0 Å². The number of carbonyl (C=O) groups excluding carboxylic acids is 1. The summed E-state index contributed by atoms with van der Waals surface area (Å²) in [7, 11) is 0. The molecule has 138 valence electrons. The molecule has 5 heteroatoms. The first-order valence-electron chi connectivity index (χ1n) is 9.40. The van der Waals surface area contributed by atoms with Crippen molar-refractivity contribution in [1.29, 1.82) is 0 Å². The smallest absolute Gasteiger partial charge is 0.251 e. The van der Waals surface area contributed by atoms with Gasteiger partial charge in [0.2, 0.25) is 0 Å². The van der Waals surface area contributed by atoms with Gasteiger partial charge in [-0.1, -0.05) is 19.1 Å². The van der Waals surface area contributed by atoms with Gasteiger partial charge in [0.1, 0.15) is 5.82 Å². The number of carbonyl (C=O) groups is 1.